The summed E-state index contributed by atoms with van der Waals surface area (Å²) in [4.78, 5) is 23.8. The maximum absolute atomic E-state index is 12.2. The molecule has 3 N–H and O–H groups in total. The molecule has 0 bridgehead atoms. The Morgan fingerprint density at radius 2 is 1.74 bits per heavy atom. The number of nitrogens with one attached hydrogen (secondary N) is 1. The third-order valence-electron chi connectivity index (χ3n) is 5.83. The Morgan fingerprint density at radius 1 is 0.971 bits per heavy atom. The number of hydrogen-bond donors (Lipinski definition) is 2. The van der Waals surface area contributed by atoms with E-state index in [2.05, 4.69) is 22.0 Å². The van der Waals surface area contributed by atoms with Gasteiger partial charge in [0.05, 0.1) is 11.0 Å². The molecule has 0 aliphatic heterocycles. The first-order chi connectivity index (χ1) is 16.4. The number of nitrogens with zero attached hydrogens (tertiary/aromatic N) is 1. The Labute approximate surface area is 201 Å². The summed E-state index contributed by atoms with van der Waals surface area (Å²) in [5.41, 5.74) is 11.7. The molecule has 0 fully saturated rings. The zero-order valence-corrected chi connectivity index (χ0v) is 19.2. The van der Waals surface area contributed by atoms with Gasteiger partial charge in [0.2, 0.25) is 11.8 Å². The minimum Gasteiger partial charge on any atom is -0.366 e. The number of amides is 2. The van der Waals surface area contributed by atoms with E-state index in [0.29, 0.717) is 17.1 Å². The summed E-state index contributed by atoms with van der Waals surface area (Å²) in [5, 5.41) is 5.12. The summed E-state index contributed by atoms with van der Waals surface area (Å²) in [7, 11) is 0. The molecule has 0 saturated carbocycles. The summed E-state index contributed by atoms with van der Waals surface area (Å²) >= 11 is 6.07. The lowest BCUT2D eigenvalue weighted by molar-refractivity contribution is -0.114. The number of anilines is 1. The molecule has 0 atom stereocenters. The summed E-state index contributed by atoms with van der Waals surface area (Å²) < 4.78 is 2.15. The van der Waals surface area contributed by atoms with E-state index in [-0.39, 0.29) is 5.91 Å². The Balaban J connectivity index is 1.73. The highest BCUT2D eigenvalue weighted by Crippen LogP contribution is 2.35. The third kappa shape index (κ3) is 4.02. The second kappa shape index (κ2) is 8.69. The largest absolute Gasteiger partial charge is 0.366 e. The van der Waals surface area contributed by atoms with E-state index in [9.17, 15) is 9.59 Å². The zero-order chi connectivity index (χ0) is 23.8. The van der Waals surface area contributed by atoms with Crippen molar-refractivity contribution < 1.29 is 9.59 Å². The summed E-state index contributed by atoms with van der Waals surface area (Å²) in [6, 6.07) is 28.3. The predicted molar refractivity (Wildman–Crippen MR) is 137 cm³/mol. The van der Waals surface area contributed by atoms with Crippen LogP contribution in [0.1, 0.15) is 22.8 Å². The minimum atomic E-state index is -0.479. The second-order valence-electron chi connectivity index (χ2n) is 8.19. The van der Waals surface area contributed by atoms with Gasteiger partial charge >= 0.3 is 0 Å². The molecule has 0 unspecified atom stereocenters. The number of nitrogens with two attached hydrogens (primary N) is 1. The Kier molecular flexibility index (Phi) is 5.56. The topological polar surface area (TPSA) is 77.1 Å². The molecular formula is C28H21ClN3O2. The Hall–Kier alpha value is -4.09. The fourth-order valence-electron chi connectivity index (χ4n) is 4.37. The fourth-order valence-corrected chi connectivity index (χ4v) is 4.50. The molecule has 0 saturated heterocycles. The van der Waals surface area contributed by atoms with Crippen LogP contribution in [0.5, 0.6) is 0 Å². The molecule has 5 nitrogen and oxygen atoms in total. The van der Waals surface area contributed by atoms with Gasteiger partial charge in [-0.25, -0.2) is 0 Å². The lowest BCUT2D eigenvalue weighted by Crippen LogP contribution is -2.11. The van der Waals surface area contributed by atoms with E-state index in [1.54, 1.807) is 6.07 Å². The molecule has 5 aromatic rings. The van der Waals surface area contributed by atoms with Gasteiger partial charge in [0.1, 0.15) is 0 Å². The van der Waals surface area contributed by atoms with E-state index in [1.807, 2.05) is 66.7 Å². The first-order valence-electron chi connectivity index (χ1n) is 10.8. The molecule has 0 aliphatic carbocycles. The molecule has 2 amide bonds. The SMILES string of the molecule is CC(=O)Nc1cccc(Cn2c3cc(-c4ccc(Cl)cc4)c[c]c3c3c(C(N)=O)cccc32)c1. The van der Waals surface area contributed by atoms with Crippen LogP contribution >= 0.6 is 11.6 Å². The van der Waals surface area contributed by atoms with Crippen LogP contribution in [0, 0.1) is 6.07 Å². The van der Waals surface area contributed by atoms with Crippen LogP contribution in [0.4, 0.5) is 5.69 Å². The first-order valence-corrected chi connectivity index (χ1v) is 11.2. The van der Waals surface area contributed by atoms with Crippen LogP contribution in [0.3, 0.4) is 0 Å². The van der Waals surface area contributed by atoms with Gasteiger partial charge in [-0.1, -0.05) is 41.9 Å². The maximum Gasteiger partial charge on any atom is 0.249 e. The molecule has 1 radical (unpaired) electrons. The van der Waals surface area contributed by atoms with E-state index in [0.717, 1.165) is 44.2 Å². The zero-order valence-electron chi connectivity index (χ0n) is 18.4. The Bertz CT molecular complexity index is 1570. The molecule has 34 heavy (non-hydrogen) atoms. The lowest BCUT2D eigenvalue weighted by atomic mass is 10.0. The molecule has 0 spiro atoms. The van der Waals surface area contributed by atoms with Crippen LogP contribution in [0.2, 0.25) is 5.02 Å². The van der Waals surface area contributed by atoms with Crippen molar-refractivity contribution in [2.75, 3.05) is 5.32 Å². The van der Waals surface area contributed by atoms with E-state index < -0.39 is 5.91 Å². The van der Waals surface area contributed by atoms with Crippen molar-refractivity contribution in [3.05, 3.63) is 101 Å². The van der Waals surface area contributed by atoms with Gasteiger partial charge < -0.3 is 15.6 Å². The van der Waals surface area contributed by atoms with Gasteiger partial charge in [-0.15, -0.1) is 0 Å². The number of halogens is 1. The van der Waals surface area contributed by atoms with Gasteiger partial charge in [0.25, 0.3) is 0 Å². The van der Waals surface area contributed by atoms with Gasteiger partial charge in [0, 0.05) is 40.5 Å². The molecule has 0 aliphatic rings. The van der Waals surface area contributed by atoms with Crippen molar-refractivity contribution in [1.82, 2.24) is 4.57 Å². The highest BCUT2D eigenvalue weighted by atomic mass is 35.5. The van der Waals surface area contributed by atoms with Gasteiger partial charge in [-0.05, 0) is 71.3 Å². The van der Waals surface area contributed by atoms with E-state index in [4.69, 9.17) is 17.3 Å². The summed E-state index contributed by atoms with van der Waals surface area (Å²) in [6.07, 6.45) is 0. The number of carbonyl (C=O) groups is 2. The number of primary amides is 1. The monoisotopic (exact) mass is 466 g/mol. The average molecular weight is 467 g/mol. The van der Waals surface area contributed by atoms with Crippen LogP contribution in [-0.2, 0) is 11.3 Å². The number of aromatic nitrogens is 1. The second-order valence-corrected chi connectivity index (χ2v) is 8.62. The van der Waals surface area contributed by atoms with Gasteiger partial charge in [0.15, 0.2) is 0 Å². The number of hydrogen-bond acceptors (Lipinski definition) is 2. The maximum atomic E-state index is 12.2. The fraction of sp³-hybridized carbons (Fsp3) is 0.0714. The van der Waals surface area contributed by atoms with Crippen molar-refractivity contribution in [3.8, 4) is 11.1 Å². The van der Waals surface area contributed by atoms with Crippen molar-refractivity contribution >= 4 is 50.9 Å². The highest BCUT2D eigenvalue weighted by Gasteiger charge is 2.17. The third-order valence-corrected chi connectivity index (χ3v) is 6.08. The van der Waals surface area contributed by atoms with Crippen molar-refractivity contribution in [2.24, 2.45) is 5.73 Å². The summed E-state index contributed by atoms with van der Waals surface area (Å²) in [6.45, 7) is 2.02. The molecule has 6 heteroatoms. The van der Waals surface area contributed by atoms with Crippen molar-refractivity contribution in [3.63, 3.8) is 0 Å². The smallest absolute Gasteiger partial charge is 0.249 e. The quantitative estimate of drug-likeness (QED) is 0.332. The van der Waals surface area contributed by atoms with Crippen LogP contribution < -0.4 is 11.1 Å². The molecule has 1 heterocycles. The number of benzene rings is 4. The number of rotatable bonds is 5. The molecule has 167 valence electrons. The Morgan fingerprint density at radius 3 is 2.47 bits per heavy atom. The first kappa shape index (κ1) is 21.7. The van der Waals surface area contributed by atoms with Crippen molar-refractivity contribution in [1.29, 1.82) is 0 Å². The van der Waals surface area contributed by atoms with E-state index >= 15 is 0 Å². The van der Waals surface area contributed by atoms with E-state index in [1.165, 1.54) is 6.92 Å². The summed E-state index contributed by atoms with van der Waals surface area (Å²) in [5.74, 6) is -0.602. The number of carbonyl (C=O) groups excluding carboxylic acids is 2. The molecule has 5 rings (SSSR count). The molecule has 1 aromatic heterocycles. The average Bonchev–Trinajstić information content (AvgIpc) is 3.12. The van der Waals surface area contributed by atoms with Crippen LogP contribution in [-0.4, -0.2) is 16.4 Å². The highest BCUT2D eigenvalue weighted by molar-refractivity contribution is 6.30. The standard InChI is InChI=1S/C28H21ClN3O2/c1-17(33)31-22-5-2-4-18(14-22)16-32-25-7-3-6-24(28(30)34)27(25)23-13-10-20(15-26(23)32)19-8-11-21(29)12-9-19/h2-12,14-15H,16H2,1H3,(H2,30,34)(H,31,33). The number of fused-ring (bicyclic) bond motifs is 3. The van der Waals surface area contributed by atoms with Crippen molar-refractivity contribution in [2.45, 2.75) is 13.5 Å². The minimum absolute atomic E-state index is 0.123. The lowest BCUT2D eigenvalue weighted by Gasteiger charge is -2.11. The van der Waals surface area contributed by atoms with Gasteiger partial charge in [-0.2, -0.15) is 0 Å². The van der Waals surface area contributed by atoms with Gasteiger partial charge in [-0.3, -0.25) is 9.59 Å². The predicted octanol–water partition coefficient (Wildman–Crippen LogP) is 6.02. The van der Waals surface area contributed by atoms with Crippen LogP contribution in [0.25, 0.3) is 32.9 Å². The van der Waals surface area contributed by atoms with Crippen LogP contribution in [0.15, 0.2) is 78.9 Å². The molecule has 4 aromatic carbocycles. The normalized spacial score (nSPS) is 11.1. The molecular weight excluding hydrogens is 446 g/mol.